The molecule has 8 rings (SSSR count). The van der Waals surface area contributed by atoms with Crippen LogP contribution in [-0.4, -0.2) is 14.4 Å². The molecule has 1 aliphatic carbocycles. The molecule has 4 aromatic heterocycles. The molecule has 0 atom stereocenters. The summed E-state index contributed by atoms with van der Waals surface area (Å²) < 4.78 is 2.33. The molecule has 0 unspecified atom stereocenters. The van der Waals surface area contributed by atoms with Gasteiger partial charge in [0.15, 0.2) is 0 Å². The molecule has 0 aliphatic heterocycles. The predicted molar refractivity (Wildman–Crippen MR) is 162 cm³/mol. The van der Waals surface area contributed by atoms with Crippen LogP contribution < -0.4 is 0 Å². The molecule has 38 heavy (non-hydrogen) atoms. The van der Waals surface area contributed by atoms with E-state index in [0.717, 1.165) is 11.0 Å². The molecular formula is C35H33N3. The van der Waals surface area contributed by atoms with Gasteiger partial charge in [0.2, 0.25) is 0 Å². The van der Waals surface area contributed by atoms with E-state index >= 15 is 0 Å². The lowest BCUT2D eigenvalue weighted by Gasteiger charge is -2.21. The maximum atomic E-state index is 4.44. The van der Waals surface area contributed by atoms with Crippen molar-refractivity contribution in [2.45, 2.75) is 47.0 Å². The van der Waals surface area contributed by atoms with E-state index in [4.69, 9.17) is 0 Å². The molecule has 0 amide bonds. The molecule has 0 fully saturated rings. The highest BCUT2D eigenvalue weighted by atomic mass is 14.9. The SMILES string of the molecule is CC.CC.CC1(C)c2ccccc2-c2c(-c3cc4c5ccncc5n5c6cnccc6c(c3)c45)cccc21. The summed E-state index contributed by atoms with van der Waals surface area (Å²) in [7, 11) is 0. The summed E-state index contributed by atoms with van der Waals surface area (Å²) in [6.45, 7) is 12.7. The molecule has 7 aromatic rings. The van der Waals surface area contributed by atoms with E-state index in [0.29, 0.717) is 0 Å². The number of hydrogen-bond donors (Lipinski definition) is 0. The van der Waals surface area contributed by atoms with Crippen LogP contribution in [0.2, 0.25) is 0 Å². The van der Waals surface area contributed by atoms with Crippen LogP contribution in [0.1, 0.15) is 52.7 Å². The third kappa shape index (κ3) is 3.08. The Bertz CT molecular complexity index is 1860. The van der Waals surface area contributed by atoms with Crippen molar-refractivity contribution >= 4 is 38.1 Å². The standard InChI is InChI=1S/C31H21N3.2C2H6/c1-31(2)25-8-4-3-6-22(25)29-19(7-5-9-26(29)31)18-14-23-20-10-12-32-16-27(20)34-28-17-33-13-11-21(28)24(15-18)30(23)34;2*1-2/h3-17H,1-2H3;2*1-2H3. The monoisotopic (exact) mass is 495 g/mol. The average Bonchev–Trinajstić information content (AvgIpc) is 3.58. The number of benzene rings is 3. The van der Waals surface area contributed by atoms with Crippen LogP contribution in [0.15, 0.2) is 91.5 Å². The van der Waals surface area contributed by atoms with Crippen molar-refractivity contribution in [3.63, 3.8) is 0 Å². The highest BCUT2D eigenvalue weighted by Gasteiger charge is 2.36. The zero-order valence-electron chi connectivity index (χ0n) is 23.0. The van der Waals surface area contributed by atoms with Crippen LogP contribution in [0, 0.1) is 0 Å². The van der Waals surface area contributed by atoms with Crippen molar-refractivity contribution in [1.29, 1.82) is 0 Å². The van der Waals surface area contributed by atoms with Crippen LogP contribution >= 0.6 is 0 Å². The summed E-state index contributed by atoms with van der Waals surface area (Å²) in [5, 5.41) is 5.00. The van der Waals surface area contributed by atoms with E-state index in [-0.39, 0.29) is 5.41 Å². The zero-order chi connectivity index (χ0) is 26.6. The first-order chi connectivity index (χ1) is 18.6. The second-order valence-corrected chi connectivity index (χ2v) is 9.94. The quantitative estimate of drug-likeness (QED) is 0.227. The fourth-order valence-electron chi connectivity index (χ4n) is 6.39. The van der Waals surface area contributed by atoms with Crippen molar-refractivity contribution in [2.24, 2.45) is 0 Å². The lowest BCUT2D eigenvalue weighted by atomic mass is 9.82. The van der Waals surface area contributed by atoms with E-state index in [9.17, 15) is 0 Å². The summed E-state index contributed by atoms with van der Waals surface area (Å²) in [6.07, 6.45) is 7.73. The normalized spacial score (nSPS) is 13.2. The Balaban J connectivity index is 0.000000633. The van der Waals surface area contributed by atoms with Crippen LogP contribution in [0.25, 0.3) is 60.3 Å². The number of nitrogens with zero attached hydrogens (tertiary/aromatic N) is 3. The van der Waals surface area contributed by atoms with Gasteiger partial charge >= 0.3 is 0 Å². The molecule has 3 heteroatoms. The van der Waals surface area contributed by atoms with E-state index < -0.39 is 0 Å². The Morgan fingerprint density at radius 1 is 0.605 bits per heavy atom. The molecule has 4 heterocycles. The zero-order valence-corrected chi connectivity index (χ0v) is 23.0. The molecule has 0 N–H and O–H groups in total. The second-order valence-electron chi connectivity index (χ2n) is 9.94. The minimum atomic E-state index is -0.0111. The lowest BCUT2D eigenvalue weighted by molar-refractivity contribution is 0.660. The molecule has 0 saturated carbocycles. The molecule has 0 spiro atoms. The number of pyridine rings is 2. The Hall–Kier alpha value is -4.24. The fourth-order valence-corrected chi connectivity index (χ4v) is 6.39. The van der Waals surface area contributed by atoms with Crippen molar-refractivity contribution in [3.05, 3.63) is 103 Å². The Labute approximate surface area is 224 Å². The molecule has 0 radical (unpaired) electrons. The number of hydrogen-bond acceptors (Lipinski definition) is 2. The van der Waals surface area contributed by atoms with E-state index in [1.807, 2.05) is 52.5 Å². The van der Waals surface area contributed by atoms with Gasteiger partial charge in [0.25, 0.3) is 0 Å². The molecule has 1 aliphatic rings. The first-order valence-electron chi connectivity index (χ1n) is 13.8. The Kier molecular flexibility index (Phi) is 5.68. The van der Waals surface area contributed by atoms with E-state index in [1.165, 1.54) is 60.4 Å². The minimum Gasteiger partial charge on any atom is -0.305 e. The molecule has 0 saturated heterocycles. The van der Waals surface area contributed by atoms with Gasteiger partial charge in [-0.25, -0.2) is 0 Å². The van der Waals surface area contributed by atoms with Gasteiger partial charge in [-0.3, -0.25) is 9.97 Å². The van der Waals surface area contributed by atoms with Gasteiger partial charge in [-0.05, 0) is 57.6 Å². The van der Waals surface area contributed by atoms with Gasteiger partial charge in [-0.15, -0.1) is 0 Å². The number of aromatic nitrogens is 3. The first-order valence-corrected chi connectivity index (χ1v) is 13.8. The lowest BCUT2D eigenvalue weighted by Crippen LogP contribution is -2.14. The van der Waals surface area contributed by atoms with Gasteiger partial charge in [-0.2, -0.15) is 0 Å². The minimum absolute atomic E-state index is 0.0111. The summed E-state index contributed by atoms with van der Waals surface area (Å²) in [6, 6.07) is 24.7. The summed E-state index contributed by atoms with van der Waals surface area (Å²) in [5.74, 6) is 0. The summed E-state index contributed by atoms with van der Waals surface area (Å²) >= 11 is 0. The topological polar surface area (TPSA) is 30.2 Å². The van der Waals surface area contributed by atoms with E-state index in [1.54, 1.807) is 0 Å². The highest BCUT2D eigenvalue weighted by Crippen LogP contribution is 2.52. The Morgan fingerprint density at radius 2 is 1.16 bits per heavy atom. The molecule has 0 bridgehead atoms. The number of rotatable bonds is 1. The van der Waals surface area contributed by atoms with Gasteiger partial charge < -0.3 is 4.40 Å². The van der Waals surface area contributed by atoms with Crippen molar-refractivity contribution in [3.8, 4) is 22.3 Å². The largest absolute Gasteiger partial charge is 0.305 e. The summed E-state index contributed by atoms with van der Waals surface area (Å²) in [4.78, 5) is 8.88. The Morgan fingerprint density at radius 3 is 1.79 bits per heavy atom. The molecule has 3 nitrogen and oxygen atoms in total. The van der Waals surface area contributed by atoms with Crippen LogP contribution in [0.4, 0.5) is 0 Å². The van der Waals surface area contributed by atoms with E-state index in [2.05, 4.69) is 94.9 Å². The molecule has 3 aromatic carbocycles. The summed E-state index contributed by atoms with van der Waals surface area (Å²) in [5.41, 5.74) is 11.6. The fraction of sp³-hybridized carbons (Fsp3) is 0.200. The molecule has 188 valence electrons. The maximum absolute atomic E-state index is 4.44. The van der Waals surface area contributed by atoms with Gasteiger partial charge in [0.05, 0.1) is 28.9 Å². The molecular weight excluding hydrogens is 462 g/mol. The van der Waals surface area contributed by atoms with Crippen molar-refractivity contribution < 1.29 is 0 Å². The van der Waals surface area contributed by atoms with Gasteiger partial charge in [-0.1, -0.05) is 84.0 Å². The number of fused-ring (bicyclic) bond motifs is 9. The van der Waals surface area contributed by atoms with Crippen molar-refractivity contribution in [2.75, 3.05) is 0 Å². The van der Waals surface area contributed by atoms with Gasteiger partial charge in [0, 0.05) is 39.4 Å². The highest BCUT2D eigenvalue weighted by molar-refractivity contribution is 6.24. The average molecular weight is 496 g/mol. The van der Waals surface area contributed by atoms with Crippen LogP contribution in [-0.2, 0) is 5.41 Å². The maximum Gasteiger partial charge on any atom is 0.0725 e. The first kappa shape index (κ1) is 24.1. The second kappa shape index (κ2) is 8.95. The third-order valence-corrected chi connectivity index (χ3v) is 7.91. The van der Waals surface area contributed by atoms with Crippen molar-refractivity contribution in [1.82, 2.24) is 14.4 Å². The predicted octanol–water partition coefficient (Wildman–Crippen LogP) is 9.65. The van der Waals surface area contributed by atoms with Crippen LogP contribution in [0.5, 0.6) is 0 Å². The third-order valence-electron chi connectivity index (χ3n) is 7.91. The van der Waals surface area contributed by atoms with Crippen LogP contribution in [0.3, 0.4) is 0 Å². The van der Waals surface area contributed by atoms with Gasteiger partial charge in [0.1, 0.15) is 0 Å². The smallest absolute Gasteiger partial charge is 0.0725 e.